The van der Waals surface area contributed by atoms with Gasteiger partial charge in [-0.05, 0) is 24.1 Å². The van der Waals surface area contributed by atoms with Gasteiger partial charge in [0, 0.05) is 31.3 Å². The zero-order chi connectivity index (χ0) is 20.0. The molecule has 27 heavy (non-hydrogen) atoms. The molecule has 0 radical (unpaired) electrons. The lowest BCUT2D eigenvalue weighted by Gasteiger charge is -2.07. The Kier molecular flexibility index (Phi) is 6.15. The summed E-state index contributed by atoms with van der Waals surface area (Å²) in [5.41, 5.74) is 0.0258. The highest BCUT2D eigenvalue weighted by Crippen LogP contribution is 2.23. The highest BCUT2D eigenvalue weighted by molar-refractivity contribution is 6.05. The van der Waals surface area contributed by atoms with Crippen LogP contribution in [0.15, 0.2) is 42.5 Å². The summed E-state index contributed by atoms with van der Waals surface area (Å²) >= 11 is 0. The fraction of sp³-hybridized carbons (Fsp3) is 0.176. The quantitative estimate of drug-likeness (QED) is 0.564. The number of nitrogens with zero attached hydrogens (tertiary/aromatic N) is 2. The molecule has 10 nitrogen and oxygen atoms in total. The molecule has 2 aromatic carbocycles. The Morgan fingerprint density at radius 1 is 0.963 bits per heavy atom. The summed E-state index contributed by atoms with van der Waals surface area (Å²) in [5, 5.41) is 26.9. The number of carbonyl (C=O) groups excluding carboxylic acids is 2. The molecule has 0 aliphatic rings. The minimum atomic E-state index is -0.801. The van der Waals surface area contributed by atoms with Crippen molar-refractivity contribution in [2.24, 2.45) is 0 Å². The van der Waals surface area contributed by atoms with Gasteiger partial charge in [-0.3, -0.25) is 29.8 Å². The van der Waals surface area contributed by atoms with E-state index >= 15 is 0 Å². The van der Waals surface area contributed by atoms with E-state index in [1.807, 2.05) is 0 Å². The predicted octanol–water partition coefficient (Wildman–Crippen LogP) is 2.43. The lowest BCUT2D eigenvalue weighted by molar-refractivity contribution is -0.394. The number of benzene rings is 2. The molecule has 0 unspecified atom stereocenters. The second-order valence-corrected chi connectivity index (χ2v) is 5.58. The fourth-order valence-electron chi connectivity index (χ4n) is 2.28. The van der Waals surface area contributed by atoms with Crippen LogP contribution in [-0.4, -0.2) is 28.7 Å². The summed E-state index contributed by atoms with van der Waals surface area (Å²) in [6.45, 7) is 0. The molecule has 10 heteroatoms. The molecule has 0 saturated carbocycles. The zero-order valence-electron chi connectivity index (χ0n) is 14.3. The number of hydrogen-bond acceptors (Lipinski definition) is 6. The van der Waals surface area contributed by atoms with Gasteiger partial charge < -0.3 is 10.6 Å². The molecule has 0 heterocycles. The molecule has 0 aromatic heterocycles. The Labute approximate surface area is 153 Å². The van der Waals surface area contributed by atoms with Crippen molar-refractivity contribution >= 4 is 28.9 Å². The van der Waals surface area contributed by atoms with E-state index in [0.717, 1.165) is 23.8 Å². The van der Waals surface area contributed by atoms with E-state index in [4.69, 9.17) is 0 Å². The average Bonchev–Trinajstić information content (AvgIpc) is 2.66. The van der Waals surface area contributed by atoms with Gasteiger partial charge in [0.2, 0.25) is 5.91 Å². The van der Waals surface area contributed by atoms with Crippen molar-refractivity contribution < 1.29 is 19.4 Å². The van der Waals surface area contributed by atoms with Crippen molar-refractivity contribution in [2.45, 2.75) is 12.8 Å². The third kappa shape index (κ3) is 5.33. The third-order valence-electron chi connectivity index (χ3n) is 3.72. The van der Waals surface area contributed by atoms with Gasteiger partial charge >= 0.3 is 0 Å². The maximum atomic E-state index is 12.3. The minimum Gasteiger partial charge on any atom is -0.359 e. The van der Waals surface area contributed by atoms with E-state index in [1.165, 1.54) is 0 Å². The van der Waals surface area contributed by atoms with Gasteiger partial charge in [-0.1, -0.05) is 12.1 Å². The lowest BCUT2D eigenvalue weighted by atomic mass is 10.1. The molecular weight excluding hydrogens is 356 g/mol. The number of aryl methyl sites for hydroxylation is 1. The molecule has 0 spiro atoms. The predicted molar refractivity (Wildman–Crippen MR) is 96.5 cm³/mol. The first-order valence-corrected chi connectivity index (χ1v) is 7.85. The van der Waals surface area contributed by atoms with Gasteiger partial charge in [-0.25, -0.2) is 0 Å². The van der Waals surface area contributed by atoms with Crippen LogP contribution in [0, 0.1) is 20.2 Å². The number of nitrogens with one attached hydrogen (secondary N) is 2. The van der Waals surface area contributed by atoms with E-state index in [9.17, 15) is 29.8 Å². The molecule has 2 aromatic rings. The molecule has 2 N–H and O–H groups in total. The van der Waals surface area contributed by atoms with Crippen molar-refractivity contribution in [3.63, 3.8) is 0 Å². The molecule has 0 aliphatic heterocycles. The maximum absolute atomic E-state index is 12.3. The normalized spacial score (nSPS) is 10.1. The van der Waals surface area contributed by atoms with Crippen LogP contribution in [0.3, 0.4) is 0 Å². The average molecular weight is 372 g/mol. The van der Waals surface area contributed by atoms with Crippen molar-refractivity contribution in [3.8, 4) is 0 Å². The van der Waals surface area contributed by atoms with Crippen LogP contribution >= 0.6 is 0 Å². The number of non-ortho nitro benzene ring substituents is 2. The van der Waals surface area contributed by atoms with Gasteiger partial charge in [0.05, 0.1) is 21.5 Å². The fourth-order valence-corrected chi connectivity index (χ4v) is 2.28. The molecule has 0 bridgehead atoms. The first-order valence-electron chi connectivity index (χ1n) is 7.85. The molecule has 0 aliphatic carbocycles. The molecule has 0 fully saturated rings. The van der Waals surface area contributed by atoms with Gasteiger partial charge in [-0.2, -0.15) is 0 Å². The maximum Gasteiger partial charge on any atom is 0.277 e. The lowest BCUT2D eigenvalue weighted by Crippen LogP contribution is -2.17. The summed E-state index contributed by atoms with van der Waals surface area (Å²) in [4.78, 5) is 43.7. The summed E-state index contributed by atoms with van der Waals surface area (Å²) in [7, 11) is 1.55. The molecule has 2 rings (SSSR count). The standard InChI is InChI=1S/C17H16N4O6/c1-18-16(22)7-4-11-2-5-13(6-3-11)19-17(23)12-8-14(20(24)25)10-15(9-12)21(26)27/h2-3,5-6,8-10H,4,7H2,1H3,(H,18,22)(H,19,23). The monoisotopic (exact) mass is 372 g/mol. The summed E-state index contributed by atoms with van der Waals surface area (Å²) < 4.78 is 0. The Bertz CT molecular complexity index is 863. The van der Waals surface area contributed by atoms with Crippen LogP contribution in [0.2, 0.25) is 0 Å². The summed E-state index contributed by atoms with van der Waals surface area (Å²) in [5.74, 6) is -0.792. The number of nitro groups is 2. The Morgan fingerprint density at radius 3 is 2.00 bits per heavy atom. The number of anilines is 1. The van der Waals surface area contributed by atoms with Crippen molar-refractivity contribution in [1.29, 1.82) is 0 Å². The zero-order valence-corrected chi connectivity index (χ0v) is 14.3. The smallest absolute Gasteiger partial charge is 0.277 e. The number of hydrogen-bond donors (Lipinski definition) is 2. The highest BCUT2D eigenvalue weighted by atomic mass is 16.6. The summed E-state index contributed by atoms with van der Waals surface area (Å²) in [6.07, 6.45) is 0.866. The van der Waals surface area contributed by atoms with Crippen molar-refractivity contribution in [3.05, 3.63) is 73.8 Å². The Hall–Kier alpha value is -3.82. The second kappa shape index (κ2) is 8.52. The number of carbonyl (C=O) groups is 2. The topological polar surface area (TPSA) is 144 Å². The van der Waals surface area contributed by atoms with E-state index in [0.29, 0.717) is 18.5 Å². The van der Waals surface area contributed by atoms with E-state index in [-0.39, 0.29) is 11.5 Å². The SMILES string of the molecule is CNC(=O)CCc1ccc(NC(=O)c2cc([N+](=O)[O-])cc([N+](=O)[O-])c2)cc1. The van der Waals surface area contributed by atoms with Gasteiger partial charge in [0.25, 0.3) is 17.3 Å². The van der Waals surface area contributed by atoms with Crippen LogP contribution in [0.4, 0.5) is 17.1 Å². The largest absolute Gasteiger partial charge is 0.359 e. The Morgan fingerprint density at radius 2 is 1.52 bits per heavy atom. The van der Waals surface area contributed by atoms with Crippen molar-refractivity contribution in [2.75, 3.05) is 12.4 Å². The number of nitro benzene ring substituents is 2. The van der Waals surface area contributed by atoms with Crippen LogP contribution in [0.1, 0.15) is 22.3 Å². The molecule has 2 amide bonds. The summed E-state index contributed by atoms with van der Waals surface area (Å²) in [6, 6.07) is 9.42. The highest BCUT2D eigenvalue weighted by Gasteiger charge is 2.20. The molecule has 0 saturated heterocycles. The van der Waals surface area contributed by atoms with E-state index < -0.39 is 27.1 Å². The first-order chi connectivity index (χ1) is 12.8. The first kappa shape index (κ1) is 19.5. The molecule has 0 atom stereocenters. The molecule has 140 valence electrons. The van der Waals surface area contributed by atoms with Gasteiger partial charge in [0.1, 0.15) is 0 Å². The molecular formula is C17H16N4O6. The second-order valence-electron chi connectivity index (χ2n) is 5.58. The Balaban J connectivity index is 2.13. The van der Waals surface area contributed by atoms with Gasteiger partial charge in [-0.15, -0.1) is 0 Å². The van der Waals surface area contributed by atoms with Crippen molar-refractivity contribution in [1.82, 2.24) is 5.32 Å². The number of amides is 2. The van der Waals surface area contributed by atoms with E-state index in [2.05, 4.69) is 10.6 Å². The third-order valence-corrected chi connectivity index (χ3v) is 3.72. The van der Waals surface area contributed by atoms with E-state index in [1.54, 1.807) is 31.3 Å². The van der Waals surface area contributed by atoms with Gasteiger partial charge in [0.15, 0.2) is 0 Å². The number of rotatable bonds is 7. The van der Waals surface area contributed by atoms with Crippen LogP contribution in [0.5, 0.6) is 0 Å². The van der Waals surface area contributed by atoms with Crippen LogP contribution < -0.4 is 10.6 Å². The van der Waals surface area contributed by atoms with Crippen LogP contribution in [0.25, 0.3) is 0 Å². The van der Waals surface area contributed by atoms with Crippen LogP contribution in [-0.2, 0) is 11.2 Å². The minimum absolute atomic E-state index is 0.0837.